The van der Waals surface area contributed by atoms with E-state index < -0.39 is 0 Å². The molecule has 0 aromatic carbocycles. The first kappa shape index (κ1) is 12.0. The SMILES string of the molecule is CC(CCOCCN)C1[CH]CCNC1. The highest BCUT2D eigenvalue weighted by molar-refractivity contribution is 4.86. The summed E-state index contributed by atoms with van der Waals surface area (Å²) in [6.45, 7) is 6.76. The van der Waals surface area contributed by atoms with Crippen LogP contribution in [0.3, 0.4) is 0 Å². The molecule has 1 heterocycles. The van der Waals surface area contributed by atoms with Crippen molar-refractivity contribution in [2.45, 2.75) is 19.8 Å². The van der Waals surface area contributed by atoms with E-state index in [9.17, 15) is 0 Å². The highest BCUT2D eigenvalue weighted by Crippen LogP contribution is 2.21. The maximum atomic E-state index is 5.38. The molecule has 3 N–H and O–H groups in total. The summed E-state index contributed by atoms with van der Waals surface area (Å²) in [5.74, 6) is 1.45. The lowest BCUT2D eigenvalue weighted by Crippen LogP contribution is -2.34. The zero-order valence-corrected chi connectivity index (χ0v) is 9.17. The molecule has 3 heteroatoms. The highest BCUT2D eigenvalue weighted by Gasteiger charge is 2.19. The molecule has 83 valence electrons. The largest absolute Gasteiger partial charge is 0.380 e. The minimum Gasteiger partial charge on any atom is -0.380 e. The summed E-state index contributed by atoms with van der Waals surface area (Å²) in [6.07, 6.45) is 4.80. The van der Waals surface area contributed by atoms with Gasteiger partial charge in [-0.25, -0.2) is 0 Å². The fourth-order valence-corrected chi connectivity index (χ4v) is 1.85. The summed E-state index contributed by atoms with van der Waals surface area (Å²) in [5.41, 5.74) is 5.35. The molecule has 3 nitrogen and oxygen atoms in total. The van der Waals surface area contributed by atoms with Crippen LogP contribution in [0.2, 0.25) is 0 Å². The lowest BCUT2D eigenvalue weighted by Gasteiger charge is -2.28. The third-order valence-electron chi connectivity index (χ3n) is 2.88. The van der Waals surface area contributed by atoms with Crippen molar-refractivity contribution in [3.05, 3.63) is 6.42 Å². The molecule has 2 unspecified atom stereocenters. The smallest absolute Gasteiger partial charge is 0.0588 e. The van der Waals surface area contributed by atoms with Crippen LogP contribution in [0.5, 0.6) is 0 Å². The predicted octanol–water partition coefficient (Wildman–Crippen LogP) is 0.802. The summed E-state index contributed by atoms with van der Waals surface area (Å²) in [4.78, 5) is 0. The number of hydrogen-bond acceptors (Lipinski definition) is 3. The molecule has 1 fully saturated rings. The van der Waals surface area contributed by atoms with Crippen LogP contribution >= 0.6 is 0 Å². The summed E-state index contributed by atoms with van der Waals surface area (Å²) in [7, 11) is 0. The maximum absolute atomic E-state index is 5.38. The van der Waals surface area contributed by atoms with Gasteiger partial charge in [0.2, 0.25) is 0 Å². The second-order valence-electron chi connectivity index (χ2n) is 4.06. The Morgan fingerprint density at radius 2 is 2.43 bits per heavy atom. The van der Waals surface area contributed by atoms with Gasteiger partial charge in [-0.2, -0.15) is 0 Å². The predicted molar refractivity (Wildman–Crippen MR) is 58.9 cm³/mol. The Kier molecular flexibility index (Phi) is 6.15. The molecule has 1 aliphatic heterocycles. The molecule has 14 heavy (non-hydrogen) atoms. The standard InChI is InChI=1S/C11H23N2O/c1-10(4-7-14-8-5-12)11-3-2-6-13-9-11/h3,10-11,13H,2,4-9,12H2,1H3. The molecule has 1 rings (SSSR count). The monoisotopic (exact) mass is 199 g/mol. The Morgan fingerprint density at radius 1 is 1.57 bits per heavy atom. The zero-order chi connectivity index (χ0) is 10.2. The first-order valence-electron chi connectivity index (χ1n) is 5.66. The minimum absolute atomic E-state index is 0.630. The van der Waals surface area contributed by atoms with Crippen LogP contribution in [0.4, 0.5) is 0 Å². The Bertz CT molecular complexity index is 135. The van der Waals surface area contributed by atoms with Gasteiger partial charge < -0.3 is 15.8 Å². The molecule has 1 radical (unpaired) electrons. The maximum Gasteiger partial charge on any atom is 0.0588 e. The molecule has 1 saturated heterocycles. The van der Waals surface area contributed by atoms with Gasteiger partial charge in [0, 0.05) is 13.2 Å². The Balaban J connectivity index is 2.04. The Labute approximate surface area is 87.4 Å². The van der Waals surface area contributed by atoms with Crippen LogP contribution in [-0.4, -0.2) is 32.8 Å². The number of nitrogens with two attached hydrogens (primary N) is 1. The molecular weight excluding hydrogens is 176 g/mol. The average molecular weight is 199 g/mol. The summed E-state index contributed by atoms with van der Waals surface area (Å²) in [5, 5.41) is 3.43. The summed E-state index contributed by atoms with van der Waals surface area (Å²) < 4.78 is 5.38. The third-order valence-corrected chi connectivity index (χ3v) is 2.88. The Hall–Kier alpha value is -0.120. The number of rotatable bonds is 6. The van der Waals surface area contributed by atoms with E-state index in [1.807, 2.05) is 0 Å². The van der Waals surface area contributed by atoms with E-state index in [2.05, 4.69) is 18.7 Å². The summed E-state index contributed by atoms with van der Waals surface area (Å²) in [6, 6.07) is 0. The van der Waals surface area contributed by atoms with Gasteiger partial charge in [-0.05, 0) is 44.2 Å². The number of hydrogen-bond donors (Lipinski definition) is 2. The van der Waals surface area contributed by atoms with Crippen molar-refractivity contribution in [3.63, 3.8) is 0 Å². The minimum atomic E-state index is 0.630. The van der Waals surface area contributed by atoms with Crippen LogP contribution in [-0.2, 0) is 4.74 Å². The van der Waals surface area contributed by atoms with Gasteiger partial charge in [0.05, 0.1) is 6.61 Å². The average Bonchev–Trinajstić information content (AvgIpc) is 2.25. The molecule has 0 amide bonds. The fraction of sp³-hybridized carbons (Fsp3) is 0.909. The quantitative estimate of drug-likeness (QED) is 0.622. The zero-order valence-electron chi connectivity index (χ0n) is 9.17. The number of ether oxygens (including phenoxy) is 1. The van der Waals surface area contributed by atoms with Crippen molar-refractivity contribution in [2.24, 2.45) is 17.6 Å². The van der Waals surface area contributed by atoms with Gasteiger partial charge >= 0.3 is 0 Å². The molecular formula is C11H23N2O. The van der Waals surface area contributed by atoms with E-state index in [1.165, 1.54) is 6.42 Å². The van der Waals surface area contributed by atoms with Crippen LogP contribution in [0.25, 0.3) is 0 Å². The van der Waals surface area contributed by atoms with Crippen molar-refractivity contribution < 1.29 is 4.74 Å². The number of piperidine rings is 1. The molecule has 0 aliphatic carbocycles. The van der Waals surface area contributed by atoms with Crippen molar-refractivity contribution in [1.82, 2.24) is 5.32 Å². The van der Waals surface area contributed by atoms with Gasteiger partial charge in [-0.3, -0.25) is 0 Å². The topological polar surface area (TPSA) is 47.3 Å². The lowest BCUT2D eigenvalue weighted by molar-refractivity contribution is 0.120. The van der Waals surface area contributed by atoms with Crippen molar-refractivity contribution >= 4 is 0 Å². The van der Waals surface area contributed by atoms with E-state index in [4.69, 9.17) is 10.5 Å². The van der Waals surface area contributed by atoms with Crippen molar-refractivity contribution in [2.75, 3.05) is 32.8 Å². The summed E-state index contributed by atoms with van der Waals surface area (Å²) >= 11 is 0. The molecule has 0 spiro atoms. The van der Waals surface area contributed by atoms with Crippen LogP contribution in [0.1, 0.15) is 19.8 Å². The molecule has 0 bridgehead atoms. The second kappa shape index (κ2) is 7.21. The van der Waals surface area contributed by atoms with E-state index >= 15 is 0 Å². The first-order chi connectivity index (χ1) is 6.84. The van der Waals surface area contributed by atoms with E-state index in [1.54, 1.807) is 0 Å². The van der Waals surface area contributed by atoms with E-state index in [0.29, 0.717) is 13.2 Å². The normalized spacial score (nSPS) is 24.9. The fourth-order valence-electron chi connectivity index (χ4n) is 1.85. The van der Waals surface area contributed by atoms with Gasteiger partial charge in [-0.15, -0.1) is 0 Å². The molecule has 0 aromatic heterocycles. The van der Waals surface area contributed by atoms with Crippen LogP contribution < -0.4 is 11.1 Å². The van der Waals surface area contributed by atoms with Gasteiger partial charge in [0.1, 0.15) is 0 Å². The van der Waals surface area contributed by atoms with Gasteiger partial charge in [0.15, 0.2) is 0 Å². The van der Waals surface area contributed by atoms with Gasteiger partial charge in [-0.1, -0.05) is 6.92 Å². The molecule has 0 saturated carbocycles. The lowest BCUT2D eigenvalue weighted by atomic mass is 9.86. The molecule has 0 aromatic rings. The van der Waals surface area contributed by atoms with Crippen LogP contribution in [0.15, 0.2) is 0 Å². The third kappa shape index (κ3) is 4.40. The van der Waals surface area contributed by atoms with E-state index in [0.717, 1.165) is 38.0 Å². The number of nitrogens with one attached hydrogen (secondary N) is 1. The van der Waals surface area contributed by atoms with Crippen molar-refractivity contribution in [3.8, 4) is 0 Å². The first-order valence-corrected chi connectivity index (χ1v) is 5.66. The van der Waals surface area contributed by atoms with E-state index in [-0.39, 0.29) is 0 Å². The van der Waals surface area contributed by atoms with Crippen LogP contribution in [0, 0.1) is 18.3 Å². The van der Waals surface area contributed by atoms with Crippen molar-refractivity contribution in [1.29, 1.82) is 0 Å². The Morgan fingerprint density at radius 3 is 3.07 bits per heavy atom. The highest BCUT2D eigenvalue weighted by atomic mass is 16.5. The van der Waals surface area contributed by atoms with Gasteiger partial charge in [0.25, 0.3) is 0 Å². The second-order valence-corrected chi connectivity index (χ2v) is 4.06. The molecule has 1 aliphatic rings. The molecule has 2 atom stereocenters.